The number of carboxylic acid groups (broad SMARTS) is 1. The lowest BCUT2D eigenvalue weighted by molar-refractivity contribution is -0.141. The highest BCUT2D eigenvalue weighted by Gasteiger charge is 2.33. The summed E-state index contributed by atoms with van der Waals surface area (Å²) in [5.74, 6) is -1.55. The maximum atomic E-state index is 12.7. The van der Waals surface area contributed by atoms with Crippen molar-refractivity contribution in [3.8, 4) is 0 Å². The summed E-state index contributed by atoms with van der Waals surface area (Å²) in [5.41, 5.74) is 0.883. The van der Waals surface area contributed by atoms with Crippen LogP contribution in [0.5, 0.6) is 0 Å². The Bertz CT molecular complexity index is 363. The highest BCUT2D eigenvalue weighted by Crippen LogP contribution is 2.28. The van der Waals surface area contributed by atoms with E-state index in [1.165, 1.54) is 12.1 Å². The Balaban J connectivity index is 2.22. The van der Waals surface area contributed by atoms with Crippen molar-refractivity contribution in [2.24, 2.45) is 5.92 Å². The summed E-state index contributed by atoms with van der Waals surface area (Å²) in [6.45, 7) is 1.12. The third kappa shape index (κ3) is 1.99. The van der Waals surface area contributed by atoms with Gasteiger partial charge >= 0.3 is 5.97 Å². The molecule has 1 aromatic carbocycles. The van der Waals surface area contributed by atoms with Gasteiger partial charge in [-0.05, 0) is 17.7 Å². The fraction of sp³-hybridized carbons (Fsp3) is 0.364. The van der Waals surface area contributed by atoms with Gasteiger partial charge in [-0.1, -0.05) is 12.1 Å². The topological polar surface area (TPSA) is 49.3 Å². The van der Waals surface area contributed by atoms with Gasteiger partial charge in [0, 0.05) is 19.0 Å². The number of carbonyl (C=O) groups is 1. The Morgan fingerprint density at radius 2 is 2.00 bits per heavy atom. The van der Waals surface area contributed by atoms with Gasteiger partial charge in [-0.25, -0.2) is 4.39 Å². The largest absolute Gasteiger partial charge is 0.481 e. The zero-order chi connectivity index (χ0) is 10.8. The van der Waals surface area contributed by atoms with Gasteiger partial charge in [0.25, 0.3) is 0 Å². The van der Waals surface area contributed by atoms with E-state index in [1.807, 2.05) is 0 Å². The minimum absolute atomic E-state index is 0.0527. The second-order valence-corrected chi connectivity index (χ2v) is 3.76. The first-order valence-electron chi connectivity index (χ1n) is 4.87. The quantitative estimate of drug-likeness (QED) is 0.769. The van der Waals surface area contributed by atoms with E-state index in [1.54, 1.807) is 12.1 Å². The normalized spacial score (nSPS) is 25.4. The lowest BCUT2D eigenvalue weighted by Gasteiger charge is -2.14. The summed E-state index contributed by atoms with van der Waals surface area (Å²) in [6, 6.07) is 6.05. The predicted molar refractivity (Wildman–Crippen MR) is 53.1 cm³/mol. The Kier molecular flexibility index (Phi) is 2.68. The molecule has 0 radical (unpaired) electrons. The maximum absolute atomic E-state index is 12.7. The molecule has 4 heteroatoms. The van der Waals surface area contributed by atoms with E-state index in [9.17, 15) is 9.18 Å². The molecule has 0 aliphatic carbocycles. The number of hydrogen-bond acceptors (Lipinski definition) is 2. The SMILES string of the molecule is O=C(O)[C@H]1CNC[C@@H]1c1ccc(F)cc1. The minimum atomic E-state index is -0.797. The first-order chi connectivity index (χ1) is 7.18. The number of carboxylic acids is 1. The molecule has 1 aliphatic rings. The Morgan fingerprint density at radius 1 is 1.33 bits per heavy atom. The predicted octanol–water partition coefficient (Wildman–Crippen LogP) is 1.21. The van der Waals surface area contributed by atoms with Gasteiger partial charge in [0.15, 0.2) is 0 Å². The fourth-order valence-corrected chi connectivity index (χ4v) is 2.00. The van der Waals surface area contributed by atoms with Gasteiger partial charge in [-0.3, -0.25) is 4.79 Å². The number of hydrogen-bond donors (Lipinski definition) is 2. The molecular formula is C11H12FNO2. The molecule has 1 aromatic rings. The molecule has 80 valence electrons. The van der Waals surface area contributed by atoms with Gasteiger partial charge in [0.2, 0.25) is 0 Å². The van der Waals surface area contributed by atoms with Crippen molar-refractivity contribution in [3.63, 3.8) is 0 Å². The lowest BCUT2D eigenvalue weighted by Crippen LogP contribution is -2.20. The Labute approximate surface area is 86.9 Å². The lowest BCUT2D eigenvalue weighted by atomic mass is 9.89. The monoisotopic (exact) mass is 209 g/mol. The Morgan fingerprint density at radius 3 is 2.60 bits per heavy atom. The van der Waals surface area contributed by atoms with E-state index in [0.29, 0.717) is 13.1 Å². The smallest absolute Gasteiger partial charge is 0.308 e. The van der Waals surface area contributed by atoms with Crippen LogP contribution in [0, 0.1) is 11.7 Å². The van der Waals surface area contributed by atoms with Crippen molar-refractivity contribution in [2.75, 3.05) is 13.1 Å². The first kappa shape index (κ1) is 10.1. The summed E-state index contributed by atoms with van der Waals surface area (Å²) < 4.78 is 12.7. The molecule has 1 fully saturated rings. The van der Waals surface area contributed by atoms with Gasteiger partial charge in [0.05, 0.1) is 5.92 Å². The molecule has 2 N–H and O–H groups in total. The van der Waals surface area contributed by atoms with Crippen molar-refractivity contribution in [1.82, 2.24) is 5.32 Å². The van der Waals surface area contributed by atoms with E-state index in [-0.39, 0.29) is 11.7 Å². The molecule has 2 rings (SSSR count). The average molecular weight is 209 g/mol. The molecule has 0 amide bonds. The van der Waals surface area contributed by atoms with E-state index >= 15 is 0 Å². The number of nitrogens with one attached hydrogen (secondary N) is 1. The third-order valence-corrected chi connectivity index (χ3v) is 2.83. The zero-order valence-electron chi connectivity index (χ0n) is 8.11. The highest BCUT2D eigenvalue weighted by molar-refractivity contribution is 5.72. The van der Waals surface area contributed by atoms with Crippen molar-refractivity contribution in [1.29, 1.82) is 0 Å². The number of halogens is 1. The van der Waals surface area contributed by atoms with Crippen LogP contribution >= 0.6 is 0 Å². The molecule has 3 nitrogen and oxygen atoms in total. The van der Waals surface area contributed by atoms with Crippen molar-refractivity contribution >= 4 is 5.97 Å². The van der Waals surface area contributed by atoms with Gasteiger partial charge in [-0.15, -0.1) is 0 Å². The Hall–Kier alpha value is -1.42. The van der Waals surface area contributed by atoms with E-state index in [2.05, 4.69) is 5.32 Å². The molecule has 0 unspecified atom stereocenters. The molecule has 0 spiro atoms. The second kappa shape index (κ2) is 3.98. The summed E-state index contributed by atoms with van der Waals surface area (Å²) in [6.07, 6.45) is 0. The molecule has 15 heavy (non-hydrogen) atoms. The summed E-state index contributed by atoms with van der Waals surface area (Å²) >= 11 is 0. The number of benzene rings is 1. The van der Waals surface area contributed by atoms with Crippen LogP contribution in [-0.2, 0) is 4.79 Å². The molecule has 0 saturated carbocycles. The standard InChI is InChI=1S/C11H12FNO2/c12-8-3-1-7(2-4-8)9-5-13-6-10(9)11(14)15/h1-4,9-10,13H,5-6H2,(H,14,15)/t9-,10+/m1/s1. The van der Waals surface area contributed by atoms with Crippen molar-refractivity contribution < 1.29 is 14.3 Å². The second-order valence-electron chi connectivity index (χ2n) is 3.76. The molecular weight excluding hydrogens is 197 g/mol. The van der Waals surface area contributed by atoms with Crippen LogP contribution in [0.25, 0.3) is 0 Å². The van der Waals surface area contributed by atoms with Crippen LogP contribution in [-0.4, -0.2) is 24.2 Å². The van der Waals surface area contributed by atoms with Gasteiger partial charge in [-0.2, -0.15) is 0 Å². The molecule has 1 saturated heterocycles. The summed E-state index contributed by atoms with van der Waals surface area (Å²) in [7, 11) is 0. The first-order valence-corrected chi connectivity index (χ1v) is 4.87. The zero-order valence-corrected chi connectivity index (χ0v) is 8.11. The van der Waals surface area contributed by atoms with Crippen LogP contribution in [0.1, 0.15) is 11.5 Å². The van der Waals surface area contributed by atoms with Gasteiger partial charge < -0.3 is 10.4 Å². The van der Waals surface area contributed by atoms with E-state index in [0.717, 1.165) is 5.56 Å². The van der Waals surface area contributed by atoms with Crippen LogP contribution in [0.2, 0.25) is 0 Å². The van der Waals surface area contributed by atoms with Crippen LogP contribution in [0.4, 0.5) is 4.39 Å². The fourth-order valence-electron chi connectivity index (χ4n) is 2.00. The molecule has 1 heterocycles. The van der Waals surface area contributed by atoms with E-state index < -0.39 is 11.9 Å². The van der Waals surface area contributed by atoms with Crippen molar-refractivity contribution in [3.05, 3.63) is 35.6 Å². The molecule has 0 bridgehead atoms. The van der Waals surface area contributed by atoms with Crippen LogP contribution in [0.3, 0.4) is 0 Å². The van der Waals surface area contributed by atoms with Crippen molar-refractivity contribution in [2.45, 2.75) is 5.92 Å². The maximum Gasteiger partial charge on any atom is 0.308 e. The molecule has 2 atom stereocenters. The highest BCUT2D eigenvalue weighted by atomic mass is 19.1. The van der Waals surface area contributed by atoms with Gasteiger partial charge in [0.1, 0.15) is 5.82 Å². The van der Waals surface area contributed by atoms with Crippen LogP contribution in [0.15, 0.2) is 24.3 Å². The van der Waals surface area contributed by atoms with Crippen LogP contribution < -0.4 is 5.32 Å². The summed E-state index contributed by atoms with van der Waals surface area (Å²) in [4.78, 5) is 10.9. The molecule has 1 aliphatic heterocycles. The molecule has 0 aromatic heterocycles. The minimum Gasteiger partial charge on any atom is -0.481 e. The number of aliphatic carboxylic acids is 1. The van der Waals surface area contributed by atoms with E-state index in [4.69, 9.17) is 5.11 Å². The summed E-state index contributed by atoms with van der Waals surface area (Å²) in [5, 5.41) is 12.0. The average Bonchev–Trinajstić information content (AvgIpc) is 2.67. The third-order valence-electron chi connectivity index (χ3n) is 2.83. The number of rotatable bonds is 2.